The van der Waals surface area contributed by atoms with Gasteiger partial charge in [0.25, 0.3) is 0 Å². The fourth-order valence-corrected chi connectivity index (χ4v) is 1.30. The fraction of sp³-hybridized carbons (Fsp3) is 0.417. The molecule has 0 aliphatic carbocycles. The van der Waals surface area contributed by atoms with Gasteiger partial charge in [-0.1, -0.05) is 6.92 Å². The highest BCUT2D eigenvalue weighted by Gasteiger charge is 2.01. The third-order valence-electron chi connectivity index (χ3n) is 2.13. The van der Waals surface area contributed by atoms with E-state index in [4.69, 9.17) is 4.74 Å². The van der Waals surface area contributed by atoms with Crippen LogP contribution in [0.4, 0.5) is 0 Å². The van der Waals surface area contributed by atoms with Crippen molar-refractivity contribution in [1.82, 2.24) is 5.32 Å². The van der Waals surface area contributed by atoms with Crippen molar-refractivity contribution in [1.29, 1.82) is 0 Å². The summed E-state index contributed by atoms with van der Waals surface area (Å²) in [6.07, 6.45) is 1.09. The summed E-state index contributed by atoms with van der Waals surface area (Å²) >= 11 is 0. The number of nitrogens with zero attached hydrogens (tertiary/aromatic N) is 1. The topological polar surface area (TPSA) is 33.6 Å². The Labute approximate surface area is 103 Å². The Morgan fingerprint density at radius 2 is 1.94 bits per heavy atom. The summed E-state index contributed by atoms with van der Waals surface area (Å²) in [5.74, 6) is 1.80. The molecule has 0 saturated carbocycles. The smallest absolute Gasteiger partial charge is 0.127 e. The lowest BCUT2D eigenvalue weighted by molar-refractivity contribution is 0.415. The van der Waals surface area contributed by atoms with Gasteiger partial charge in [-0.2, -0.15) is 0 Å². The Morgan fingerprint density at radius 3 is 2.38 bits per heavy atom. The zero-order valence-corrected chi connectivity index (χ0v) is 10.8. The molecule has 0 fully saturated rings. The normalized spacial score (nSPS) is 10.6. The van der Waals surface area contributed by atoms with Crippen LogP contribution in [-0.4, -0.2) is 26.5 Å². The van der Waals surface area contributed by atoms with Crippen molar-refractivity contribution in [3.63, 3.8) is 0 Å². The lowest BCUT2D eigenvalue weighted by Gasteiger charge is -2.08. The summed E-state index contributed by atoms with van der Waals surface area (Å²) in [5.41, 5.74) is 1.09. The van der Waals surface area contributed by atoms with Gasteiger partial charge in [-0.25, -0.2) is 0 Å². The molecule has 0 aromatic heterocycles. The molecule has 0 radical (unpaired) electrons. The van der Waals surface area contributed by atoms with E-state index in [1.54, 1.807) is 14.2 Å². The molecule has 1 aromatic rings. The molecule has 0 bridgehead atoms. The lowest BCUT2D eigenvalue weighted by atomic mass is 10.2. The first-order chi connectivity index (χ1) is 7.31. The molecular weight excluding hydrogens is 224 g/mol. The van der Waals surface area contributed by atoms with Crippen LogP contribution in [0.3, 0.4) is 0 Å². The average Bonchev–Trinajstić information content (AvgIpc) is 2.31. The quantitative estimate of drug-likeness (QED) is 0.650. The molecule has 0 saturated heterocycles. The highest BCUT2D eigenvalue weighted by molar-refractivity contribution is 5.98. The van der Waals surface area contributed by atoms with Crippen LogP contribution in [0.25, 0.3) is 0 Å². The molecule has 90 valence electrons. The maximum absolute atomic E-state index is 5.10. The summed E-state index contributed by atoms with van der Waals surface area (Å²) in [5, 5.41) is 3.28. The number of halogens is 1. The second kappa shape index (κ2) is 7.99. The van der Waals surface area contributed by atoms with Crippen LogP contribution in [0, 0.1) is 0 Å². The number of rotatable bonds is 4. The molecule has 1 N–H and O–H groups in total. The van der Waals surface area contributed by atoms with Gasteiger partial charge in [-0.3, -0.25) is 4.99 Å². The molecule has 4 heteroatoms. The minimum Gasteiger partial charge on any atom is -0.497 e. The molecule has 0 heterocycles. The molecular formula is C12H19ClN2O. The lowest BCUT2D eigenvalue weighted by Crippen LogP contribution is -2.25. The Morgan fingerprint density at radius 1 is 1.31 bits per heavy atom. The standard InChI is InChI=1S/C12H18N2O.ClH/c1-4-9-14-12(13-2)10-5-7-11(15-3)8-6-10;/h5-8H,4,9H2,1-3H3,(H,13,14);1H. The van der Waals surface area contributed by atoms with Gasteiger partial charge in [0.2, 0.25) is 0 Å². The van der Waals surface area contributed by atoms with Crippen LogP contribution in [0.2, 0.25) is 0 Å². The predicted molar refractivity (Wildman–Crippen MR) is 71.0 cm³/mol. The summed E-state index contributed by atoms with van der Waals surface area (Å²) in [6.45, 7) is 3.08. The second-order valence-corrected chi connectivity index (χ2v) is 3.23. The molecule has 0 spiro atoms. The van der Waals surface area contributed by atoms with E-state index in [2.05, 4.69) is 17.2 Å². The number of nitrogens with one attached hydrogen (secondary N) is 1. The molecule has 1 aromatic carbocycles. The summed E-state index contributed by atoms with van der Waals surface area (Å²) in [7, 11) is 3.46. The van der Waals surface area contributed by atoms with Gasteiger partial charge in [-0.15, -0.1) is 12.4 Å². The van der Waals surface area contributed by atoms with Gasteiger partial charge in [-0.05, 0) is 30.7 Å². The number of hydrogen-bond acceptors (Lipinski definition) is 2. The molecule has 0 amide bonds. The molecule has 0 aliphatic rings. The number of methoxy groups -OCH3 is 1. The van der Waals surface area contributed by atoms with Crippen LogP contribution < -0.4 is 10.1 Å². The van der Waals surface area contributed by atoms with E-state index in [-0.39, 0.29) is 12.4 Å². The summed E-state index contributed by atoms with van der Waals surface area (Å²) in [6, 6.07) is 7.88. The van der Waals surface area contributed by atoms with E-state index in [0.29, 0.717) is 0 Å². The third kappa shape index (κ3) is 4.11. The van der Waals surface area contributed by atoms with Crippen molar-refractivity contribution in [2.24, 2.45) is 4.99 Å². The van der Waals surface area contributed by atoms with Crippen molar-refractivity contribution >= 4 is 18.2 Å². The highest BCUT2D eigenvalue weighted by Crippen LogP contribution is 2.11. The molecule has 3 nitrogen and oxygen atoms in total. The summed E-state index contributed by atoms with van der Waals surface area (Å²) in [4.78, 5) is 4.22. The maximum Gasteiger partial charge on any atom is 0.127 e. The number of amidine groups is 1. The SMILES string of the molecule is CCCNC(=NC)c1ccc(OC)cc1.Cl. The molecule has 0 atom stereocenters. The Balaban J connectivity index is 0.00000225. The van der Waals surface area contributed by atoms with E-state index >= 15 is 0 Å². The molecule has 1 rings (SSSR count). The van der Waals surface area contributed by atoms with Crippen molar-refractivity contribution in [2.75, 3.05) is 20.7 Å². The molecule has 16 heavy (non-hydrogen) atoms. The average molecular weight is 243 g/mol. The monoisotopic (exact) mass is 242 g/mol. The van der Waals surface area contributed by atoms with Crippen LogP contribution in [-0.2, 0) is 0 Å². The Bertz CT molecular complexity index is 322. The van der Waals surface area contributed by atoms with E-state index in [1.165, 1.54) is 0 Å². The Kier molecular flexibility index (Phi) is 7.38. The van der Waals surface area contributed by atoms with E-state index in [1.807, 2.05) is 24.3 Å². The van der Waals surface area contributed by atoms with Crippen LogP contribution in [0.15, 0.2) is 29.3 Å². The second-order valence-electron chi connectivity index (χ2n) is 3.23. The van der Waals surface area contributed by atoms with Gasteiger partial charge in [0.15, 0.2) is 0 Å². The number of hydrogen-bond donors (Lipinski definition) is 1. The van der Waals surface area contributed by atoms with Gasteiger partial charge in [0.05, 0.1) is 7.11 Å². The van der Waals surface area contributed by atoms with Crippen LogP contribution in [0.1, 0.15) is 18.9 Å². The van der Waals surface area contributed by atoms with Gasteiger partial charge in [0.1, 0.15) is 11.6 Å². The maximum atomic E-state index is 5.10. The zero-order valence-electron chi connectivity index (χ0n) is 9.99. The number of aliphatic imine (C=N–C) groups is 1. The highest BCUT2D eigenvalue weighted by atomic mass is 35.5. The first-order valence-corrected chi connectivity index (χ1v) is 5.17. The largest absolute Gasteiger partial charge is 0.497 e. The van der Waals surface area contributed by atoms with Gasteiger partial charge < -0.3 is 10.1 Å². The number of ether oxygens (including phenoxy) is 1. The van der Waals surface area contributed by atoms with Gasteiger partial charge >= 0.3 is 0 Å². The van der Waals surface area contributed by atoms with Crippen molar-refractivity contribution in [3.05, 3.63) is 29.8 Å². The minimum atomic E-state index is 0. The minimum absolute atomic E-state index is 0. The van der Waals surface area contributed by atoms with E-state index < -0.39 is 0 Å². The Hall–Kier alpha value is -1.22. The van der Waals surface area contributed by atoms with Gasteiger partial charge in [0, 0.05) is 19.2 Å². The zero-order chi connectivity index (χ0) is 11.1. The van der Waals surface area contributed by atoms with Crippen molar-refractivity contribution in [2.45, 2.75) is 13.3 Å². The molecule has 0 aliphatic heterocycles. The van der Waals surface area contributed by atoms with Crippen molar-refractivity contribution < 1.29 is 4.74 Å². The van der Waals surface area contributed by atoms with E-state index in [9.17, 15) is 0 Å². The summed E-state index contributed by atoms with van der Waals surface area (Å²) < 4.78 is 5.10. The predicted octanol–water partition coefficient (Wildman–Crippen LogP) is 2.49. The number of benzene rings is 1. The fourth-order valence-electron chi connectivity index (χ4n) is 1.30. The first-order valence-electron chi connectivity index (χ1n) is 5.17. The van der Waals surface area contributed by atoms with Crippen LogP contribution in [0.5, 0.6) is 5.75 Å². The van der Waals surface area contributed by atoms with Crippen LogP contribution >= 0.6 is 12.4 Å². The molecule has 0 unspecified atom stereocenters. The van der Waals surface area contributed by atoms with E-state index in [0.717, 1.165) is 30.1 Å². The van der Waals surface area contributed by atoms with Crippen molar-refractivity contribution in [3.8, 4) is 5.75 Å². The third-order valence-corrected chi connectivity index (χ3v) is 2.13. The first kappa shape index (κ1) is 14.8.